The number of alkyl halides is 1. The lowest BCUT2D eigenvalue weighted by Gasteiger charge is -2.00. The van der Waals surface area contributed by atoms with Gasteiger partial charge in [-0.05, 0) is 31.0 Å². The quantitative estimate of drug-likeness (QED) is 0.772. The van der Waals surface area contributed by atoms with Gasteiger partial charge in [-0.15, -0.1) is 11.6 Å². The van der Waals surface area contributed by atoms with Gasteiger partial charge in [0.05, 0.1) is 6.20 Å². The molecule has 0 unspecified atom stereocenters. The van der Waals surface area contributed by atoms with Crippen LogP contribution < -0.4 is 0 Å². The van der Waals surface area contributed by atoms with Crippen LogP contribution in [0.15, 0.2) is 33.3 Å². The van der Waals surface area contributed by atoms with Crippen LogP contribution in [0.4, 0.5) is 0 Å². The second-order valence-electron chi connectivity index (χ2n) is 3.87. The largest absolute Gasteiger partial charge is 0.441 e. The lowest BCUT2D eigenvalue weighted by Crippen LogP contribution is -1.84. The van der Waals surface area contributed by atoms with Gasteiger partial charge in [0.25, 0.3) is 0 Å². The SMILES string of the molecule is Cc1cc(-c2cnc(CCCCl)o2)ccc1Br. The average Bonchev–Trinajstić information content (AvgIpc) is 2.79. The molecular formula is C13H13BrClNO. The van der Waals surface area contributed by atoms with E-state index < -0.39 is 0 Å². The maximum absolute atomic E-state index is 5.68. The number of hydrogen-bond acceptors (Lipinski definition) is 2. The van der Waals surface area contributed by atoms with Crippen LogP contribution in [0.2, 0.25) is 0 Å². The van der Waals surface area contributed by atoms with Crippen molar-refractivity contribution >= 4 is 27.5 Å². The number of halogens is 2. The molecule has 0 saturated heterocycles. The van der Waals surface area contributed by atoms with Crippen molar-refractivity contribution in [3.8, 4) is 11.3 Å². The molecule has 2 aromatic rings. The maximum Gasteiger partial charge on any atom is 0.194 e. The summed E-state index contributed by atoms with van der Waals surface area (Å²) in [7, 11) is 0. The molecule has 0 spiro atoms. The predicted molar refractivity (Wildman–Crippen MR) is 73.4 cm³/mol. The first kappa shape index (κ1) is 12.7. The van der Waals surface area contributed by atoms with Crippen molar-refractivity contribution in [1.82, 2.24) is 4.98 Å². The highest BCUT2D eigenvalue weighted by molar-refractivity contribution is 9.10. The number of rotatable bonds is 4. The van der Waals surface area contributed by atoms with Crippen molar-refractivity contribution < 1.29 is 4.42 Å². The highest BCUT2D eigenvalue weighted by Crippen LogP contribution is 2.25. The second kappa shape index (κ2) is 5.69. The third-order valence-electron chi connectivity index (χ3n) is 2.52. The third kappa shape index (κ3) is 3.11. The van der Waals surface area contributed by atoms with E-state index in [4.69, 9.17) is 16.0 Å². The Balaban J connectivity index is 2.21. The van der Waals surface area contributed by atoms with Gasteiger partial charge >= 0.3 is 0 Å². The molecule has 17 heavy (non-hydrogen) atoms. The summed E-state index contributed by atoms with van der Waals surface area (Å²) >= 11 is 9.12. The average molecular weight is 315 g/mol. The fraction of sp³-hybridized carbons (Fsp3) is 0.308. The smallest absolute Gasteiger partial charge is 0.194 e. The zero-order valence-electron chi connectivity index (χ0n) is 9.54. The van der Waals surface area contributed by atoms with Crippen LogP contribution in [0.1, 0.15) is 17.9 Å². The van der Waals surface area contributed by atoms with E-state index >= 15 is 0 Å². The highest BCUT2D eigenvalue weighted by Gasteiger charge is 2.07. The van der Waals surface area contributed by atoms with E-state index in [0.29, 0.717) is 5.88 Å². The molecule has 0 fully saturated rings. The van der Waals surface area contributed by atoms with Crippen LogP contribution in [0.3, 0.4) is 0 Å². The highest BCUT2D eigenvalue weighted by atomic mass is 79.9. The van der Waals surface area contributed by atoms with Gasteiger partial charge in [0.1, 0.15) is 0 Å². The zero-order chi connectivity index (χ0) is 12.3. The van der Waals surface area contributed by atoms with E-state index in [1.54, 1.807) is 6.20 Å². The van der Waals surface area contributed by atoms with Gasteiger partial charge in [-0.1, -0.05) is 22.0 Å². The van der Waals surface area contributed by atoms with Gasteiger partial charge < -0.3 is 4.42 Å². The molecule has 0 saturated carbocycles. The molecule has 2 nitrogen and oxygen atoms in total. The van der Waals surface area contributed by atoms with Crippen LogP contribution >= 0.6 is 27.5 Å². The van der Waals surface area contributed by atoms with E-state index in [-0.39, 0.29) is 0 Å². The first-order chi connectivity index (χ1) is 8.20. The number of oxazole rings is 1. The Labute approximate surface area is 114 Å². The van der Waals surface area contributed by atoms with E-state index in [2.05, 4.69) is 33.9 Å². The Bertz CT molecular complexity index is 510. The van der Waals surface area contributed by atoms with Gasteiger partial charge in [0.2, 0.25) is 0 Å². The van der Waals surface area contributed by atoms with Crippen molar-refractivity contribution in [1.29, 1.82) is 0 Å². The normalized spacial score (nSPS) is 10.8. The molecule has 0 aliphatic carbocycles. The van der Waals surface area contributed by atoms with Gasteiger partial charge in [0, 0.05) is 22.3 Å². The molecule has 0 radical (unpaired) electrons. The molecule has 90 valence electrons. The van der Waals surface area contributed by atoms with Crippen molar-refractivity contribution in [2.24, 2.45) is 0 Å². The Morgan fingerprint density at radius 2 is 2.24 bits per heavy atom. The standard InChI is InChI=1S/C13H13BrClNO/c1-9-7-10(4-5-11(9)14)12-8-16-13(17-12)3-2-6-15/h4-5,7-8H,2-3,6H2,1H3. The summed E-state index contributed by atoms with van der Waals surface area (Å²) in [5.41, 5.74) is 2.23. The molecule has 1 heterocycles. The molecule has 0 aliphatic rings. The van der Waals surface area contributed by atoms with Crippen molar-refractivity contribution in [3.05, 3.63) is 40.3 Å². The number of aryl methyl sites for hydroxylation is 2. The van der Waals surface area contributed by atoms with Gasteiger partial charge in [-0.25, -0.2) is 4.98 Å². The van der Waals surface area contributed by atoms with Crippen LogP contribution in [-0.4, -0.2) is 10.9 Å². The van der Waals surface area contributed by atoms with Crippen molar-refractivity contribution in [2.75, 3.05) is 5.88 Å². The molecule has 2 rings (SSSR count). The van der Waals surface area contributed by atoms with Crippen LogP contribution in [-0.2, 0) is 6.42 Å². The lowest BCUT2D eigenvalue weighted by molar-refractivity contribution is 0.503. The molecule has 1 aromatic carbocycles. The summed E-state index contributed by atoms with van der Waals surface area (Å²) in [4.78, 5) is 4.25. The van der Waals surface area contributed by atoms with Crippen LogP contribution in [0.25, 0.3) is 11.3 Å². The Morgan fingerprint density at radius 1 is 1.41 bits per heavy atom. The summed E-state index contributed by atoms with van der Waals surface area (Å²) in [5.74, 6) is 2.20. The minimum absolute atomic E-state index is 0.634. The number of benzene rings is 1. The van der Waals surface area contributed by atoms with E-state index in [0.717, 1.165) is 34.5 Å². The molecule has 0 aliphatic heterocycles. The fourth-order valence-corrected chi connectivity index (χ4v) is 1.96. The van der Waals surface area contributed by atoms with Crippen LogP contribution in [0, 0.1) is 6.92 Å². The topological polar surface area (TPSA) is 26.0 Å². The van der Waals surface area contributed by atoms with E-state index in [1.165, 1.54) is 5.56 Å². The predicted octanol–water partition coefficient (Wildman–Crippen LogP) is 4.58. The second-order valence-corrected chi connectivity index (χ2v) is 5.11. The first-order valence-electron chi connectivity index (χ1n) is 5.48. The van der Waals surface area contributed by atoms with Gasteiger partial charge in [-0.3, -0.25) is 0 Å². The molecule has 0 bridgehead atoms. The number of hydrogen-bond donors (Lipinski definition) is 0. The number of aromatic nitrogens is 1. The fourth-order valence-electron chi connectivity index (χ4n) is 1.58. The maximum atomic E-state index is 5.68. The first-order valence-corrected chi connectivity index (χ1v) is 6.80. The Hall–Kier alpha value is -0.800. The van der Waals surface area contributed by atoms with Crippen molar-refractivity contribution in [2.45, 2.75) is 19.8 Å². The summed E-state index contributed by atoms with van der Waals surface area (Å²) in [5, 5.41) is 0. The minimum Gasteiger partial charge on any atom is -0.441 e. The molecule has 0 atom stereocenters. The van der Waals surface area contributed by atoms with Gasteiger partial charge in [0.15, 0.2) is 11.7 Å². The summed E-state index contributed by atoms with van der Waals surface area (Å²) in [6.07, 6.45) is 3.45. The monoisotopic (exact) mass is 313 g/mol. The summed E-state index contributed by atoms with van der Waals surface area (Å²) < 4.78 is 6.78. The third-order valence-corrected chi connectivity index (χ3v) is 3.68. The Morgan fingerprint density at radius 3 is 2.94 bits per heavy atom. The molecule has 0 amide bonds. The summed E-state index contributed by atoms with van der Waals surface area (Å²) in [6, 6.07) is 6.12. The molecule has 0 N–H and O–H groups in total. The van der Waals surface area contributed by atoms with Gasteiger partial charge in [-0.2, -0.15) is 0 Å². The van der Waals surface area contributed by atoms with Crippen molar-refractivity contribution in [3.63, 3.8) is 0 Å². The molecule has 4 heteroatoms. The number of nitrogens with zero attached hydrogens (tertiary/aromatic N) is 1. The minimum atomic E-state index is 0.634. The van der Waals surface area contributed by atoms with Crippen LogP contribution in [0.5, 0.6) is 0 Å². The van der Waals surface area contributed by atoms with E-state index in [1.807, 2.05) is 12.1 Å². The Kier molecular flexibility index (Phi) is 4.24. The summed E-state index contributed by atoms with van der Waals surface area (Å²) in [6.45, 7) is 2.05. The van der Waals surface area contributed by atoms with E-state index in [9.17, 15) is 0 Å². The lowest BCUT2D eigenvalue weighted by atomic mass is 10.1. The molecular weight excluding hydrogens is 302 g/mol. The zero-order valence-corrected chi connectivity index (χ0v) is 11.9. The molecule has 1 aromatic heterocycles.